The number of alkyl halides is 3. The zero-order valence-corrected chi connectivity index (χ0v) is 11.8. The Morgan fingerprint density at radius 2 is 2.00 bits per heavy atom. The fourth-order valence-corrected chi connectivity index (χ4v) is 2.21. The highest BCUT2D eigenvalue weighted by Crippen LogP contribution is 2.45. The van der Waals surface area contributed by atoms with Gasteiger partial charge in [0.05, 0.1) is 0 Å². The van der Waals surface area contributed by atoms with Crippen LogP contribution in [-0.2, 0) is 4.79 Å². The predicted octanol–water partition coefficient (Wildman–Crippen LogP) is 1.03. The molecule has 0 saturated carbocycles. The van der Waals surface area contributed by atoms with Crippen LogP contribution in [0.1, 0.15) is 19.8 Å². The number of hydrogen-bond acceptors (Lipinski definition) is 3. The minimum absolute atomic E-state index is 0.217. The Bertz CT molecular complexity index is 390. The summed E-state index contributed by atoms with van der Waals surface area (Å²) in [7, 11) is 0. The van der Waals surface area contributed by atoms with E-state index in [1.807, 2.05) is 6.92 Å². The molecule has 0 spiro atoms. The quantitative estimate of drug-likeness (QED) is 0.640. The standard InChI is InChI=1S/C12H20F3N3O3/c1-2-16-5-3-6-17-10(21)18-7-4-11(8-18,9(19)20)12(13,14)15/h16H,2-8H2,1H3,(H,17,21)(H,19,20). The Balaban J connectivity index is 2.52. The van der Waals surface area contributed by atoms with Crippen LogP contribution in [0.4, 0.5) is 18.0 Å². The Labute approximate surface area is 120 Å². The Kier molecular flexibility index (Phi) is 5.82. The van der Waals surface area contributed by atoms with Crippen LogP contribution in [0.3, 0.4) is 0 Å². The molecule has 3 N–H and O–H groups in total. The number of carboxylic acids is 1. The fourth-order valence-electron chi connectivity index (χ4n) is 2.21. The maximum Gasteiger partial charge on any atom is 0.406 e. The second-order valence-corrected chi connectivity index (χ2v) is 5.00. The van der Waals surface area contributed by atoms with Crippen molar-refractivity contribution < 1.29 is 27.9 Å². The number of rotatable bonds is 6. The summed E-state index contributed by atoms with van der Waals surface area (Å²) in [6.07, 6.45) is -4.84. The van der Waals surface area contributed by atoms with Gasteiger partial charge in [-0.15, -0.1) is 0 Å². The molecule has 1 fully saturated rings. The highest BCUT2D eigenvalue weighted by molar-refractivity contribution is 5.80. The molecule has 122 valence electrons. The van der Waals surface area contributed by atoms with E-state index in [0.717, 1.165) is 11.4 Å². The van der Waals surface area contributed by atoms with Crippen molar-refractivity contribution in [2.75, 3.05) is 32.7 Å². The molecular formula is C12H20F3N3O3. The summed E-state index contributed by atoms with van der Waals surface area (Å²) in [4.78, 5) is 23.6. The van der Waals surface area contributed by atoms with Gasteiger partial charge in [-0.25, -0.2) is 4.79 Å². The lowest BCUT2D eigenvalue weighted by atomic mass is 9.86. The topological polar surface area (TPSA) is 81.7 Å². The smallest absolute Gasteiger partial charge is 0.406 e. The van der Waals surface area contributed by atoms with Gasteiger partial charge in [0.1, 0.15) is 0 Å². The van der Waals surface area contributed by atoms with Crippen molar-refractivity contribution >= 4 is 12.0 Å². The summed E-state index contributed by atoms with van der Waals surface area (Å²) >= 11 is 0. The van der Waals surface area contributed by atoms with Crippen molar-refractivity contribution in [3.05, 3.63) is 0 Å². The number of nitrogens with zero attached hydrogens (tertiary/aromatic N) is 1. The van der Waals surface area contributed by atoms with E-state index in [1.165, 1.54) is 0 Å². The lowest BCUT2D eigenvalue weighted by molar-refractivity contribution is -0.226. The number of carboxylic acid groups (broad SMARTS) is 1. The molecule has 0 aromatic carbocycles. The Morgan fingerprint density at radius 1 is 1.33 bits per heavy atom. The molecule has 1 heterocycles. The van der Waals surface area contributed by atoms with Crippen LogP contribution in [0.15, 0.2) is 0 Å². The van der Waals surface area contributed by atoms with E-state index >= 15 is 0 Å². The van der Waals surface area contributed by atoms with E-state index < -0.39 is 36.6 Å². The van der Waals surface area contributed by atoms with Crippen molar-refractivity contribution in [2.45, 2.75) is 25.9 Å². The average Bonchev–Trinajstić information content (AvgIpc) is 2.84. The molecule has 0 bridgehead atoms. The van der Waals surface area contributed by atoms with Crippen LogP contribution in [0.2, 0.25) is 0 Å². The number of hydrogen-bond donors (Lipinski definition) is 3. The molecule has 0 aliphatic carbocycles. The Morgan fingerprint density at radius 3 is 2.48 bits per heavy atom. The first-order valence-electron chi connectivity index (χ1n) is 6.78. The van der Waals surface area contributed by atoms with E-state index in [-0.39, 0.29) is 6.54 Å². The zero-order valence-electron chi connectivity index (χ0n) is 11.8. The molecule has 1 saturated heterocycles. The Hall–Kier alpha value is -1.51. The van der Waals surface area contributed by atoms with Gasteiger partial charge in [-0.3, -0.25) is 4.79 Å². The van der Waals surface area contributed by atoms with Gasteiger partial charge in [0.2, 0.25) is 0 Å². The highest BCUT2D eigenvalue weighted by Gasteiger charge is 2.64. The van der Waals surface area contributed by atoms with E-state index in [1.54, 1.807) is 0 Å². The van der Waals surface area contributed by atoms with Crippen molar-refractivity contribution in [1.82, 2.24) is 15.5 Å². The molecule has 0 aromatic rings. The first kappa shape index (κ1) is 17.5. The molecule has 1 rings (SSSR count). The van der Waals surface area contributed by atoms with E-state index in [2.05, 4.69) is 10.6 Å². The lowest BCUT2D eigenvalue weighted by Gasteiger charge is -2.27. The minimum Gasteiger partial charge on any atom is -0.481 e. The normalized spacial score (nSPS) is 22.4. The van der Waals surface area contributed by atoms with Gasteiger partial charge in [0.25, 0.3) is 0 Å². The first-order chi connectivity index (χ1) is 9.74. The van der Waals surface area contributed by atoms with Crippen LogP contribution in [0.5, 0.6) is 0 Å². The number of nitrogens with one attached hydrogen (secondary N) is 2. The number of carbonyl (C=O) groups excluding carboxylic acids is 1. The zero-order chi connectivity index (χ0) is 16.1. The lowest BCUT2D eigenvalue weighted by Crippen LogP contribution is -2.49. The molecule has 2 amide bonds. The summed E-state index contributed by atoms with van der Waals surface area (Å²) in [5.74, 6) is -1.93. The second-order valence-electron chi connectivity index (χ2n) is 5.00. The van der Waals surface area contributed by atoms with Gasteiger partial charge >= 0.3 is 18.2 Å². The number of aliphatic carboxylic acids is 1. The van der Waals surface area contributed by atoms with Gasteiger partial charge in [0.15, 0.2) is 5.41 Å². The van der Waals surface area contributed by atoms with Gasteiger partial charge in [-0.05, 0) is 25.9 Å². The number of likely N-dealkylation sites (tertiary alicyclic amines) is 1. The second kappa shape index (κ2) is 6.97. The first-order valence-corrected chi connectivity index (χ1v) is 6.78. The molecule has 6 nitrogen and oxygen atoms in total. The van der Waals surface area contributed by atoms with Gasteiger partial charge in [-0.2, -0.15) is 13.2 Å². The maximum atomic E-state index is 12.9. The van der Waals surface area contributed by atoms with Crippen LogP contribution in [-0.4, -0.2) is 60.9 Å². The molecule has 0 radical (unpaired) electrons. The van der Waals surface area contributed by atoms with Gasteiger partial charge < -0.3 is 20.6 Å². The summed E-state index contributed by atoms with van der Waals surface area (Å²) < 4.78 is 38.8. The van der Waals surface area contributed by atoms with Crippen molar-refractivity contribution in [3.8, 4) is 0 Å². The van der Waals surface area contributed by atoms with E-state index in [4.69, 9.17) is 5.11 Å². The monoisotopic (exact) mass is 311 g/mol. The van der Waals surface area contributed by atoms with E-state index in [9.17, 15) is 22.8 Å². The van der Waals surface area contributed by atoms with Crippen LogP contribution >= 0.6 is 0 Å². The molecule has 1 atom stereocenters. The van der Waals surface area contributed by atoms with Crippen LogP contribution in [0.25, 0.3) is 0 Å². The summed E-state index contributed by atoms with van der Waals surface area (Å²) in [6, 6.07) is -0.654. The highest BCUT2D eigenvalue weighted by atomic mass is 19.4. The third-order valence-corrected chi connectivity index (χ3v) is 3.57. The van der Waals surface area contributed by atoms with Crippen molar-refractivity contribution in [3.63, 3.8) is 0 Å². The third kappa shape index (κ3) is 3.99. The summed E-state index contributed by atoms with van der Waals surface area (Å²) in [5, 5.41) is 14.4. The molecule has 0 aromatic heterocycles. The summed E-state index contributed by atoms with van der Waals surface area (Å²) in [5.41, 5.74) is -2.85. The van der Waals surface area contributed by atoms with Gasteiger partial charge in [-0.1, -0.05) is 6.92 Å². The minimum atomic E-state index is -4.88. The van der Waals surface area contributed by atoms with Crippen molar-refractivity contribution in [1.29, 1.82) is 0 Å². The molecule has 9 heteroatoms. The predicted molar refractivity (Wildman–Crippen MR) is 68.9 cm³/mol. The van der Waals surface area contributed by atoms with Crippen LogP contribution in [0, 0.1) is 5.41 Å². The number of halogens is 3. The van der Waals surface area contributed by atoms with E-state index in [0.29, 0.717) is 19.5 Å². The van der Waals surface area contributed by atoms with Crippen LogP contribution < -0.4 is 10.6 Å². The fraction of sp³-hybridized carbons (Fsp3) is 0.833. The third-order valence-electron chi connectivity index (χ3n) is 3.57. The summed E-state index contributed by atoms with van der Waals surface area (Å²) in [6.45, 7) is 2.70. The number of carbonyl (C=O) groups is 2. The average molecular weight is 311 g/mol. The molecule has 1 aliphatic heterocycles. The number of urea groups is 1. The molecular weight excluding hydrogens is 291 g/mol. The molecule has 21 heavy (non-hydrogen) atoms. The van der Waals surface area contributed by atoms with Crippen molar-refractivity contribution in [2.24, 2.45) is 5.41 Å². The maximum absolute atomic E-state index is 12.9. The molecule has 1 unspecified atom stereocenters. The van der Waals surface area contributed by atoms with Gasteiger partial charge in [0, 0.05) is 19.6 Å². The SMILES string of the molecule is CCNCCCNC(=O)N1CCC(C(=O)O)(C(F)(F)F)C1. The largest absolute Gasteiger partial charge is 0.481 e. The molecule has 1 aliphatic rings. The number of amides is 2.